The minimum Gasteiger partial charge on any atom is -0.317 e. The first kappa shape index (κ1) is 7.77. The third-order valence-electron chi connectivity index (χ3n) is 2.97. The molecular formula is C9H7N4OP. The van der Waals surface area contributed by atoms with E-state index in [1.807, 2.05) is 10.6 Å². The van der Waals surface area contributed by atoms with E-state index in [-0.39, 0.29) is 0 Å². The van der Waals surface area contributed by atoms with Crippen molar-refractivity contribution in [2.75, 3.05) is 0 Å². The highest BCUT2D eigenvalue weighted by Crippen LogP contribution is 2.51. The van der Waals surface area contributed by atoms with Crippen molar-refractivity contribution >= 4 is 34.9 Å². The molecule has 0 radical (unpaired) electrons. The van der Waals surface area contributed by atoms with E-state index in [1.165, 1.54) is 0 Å². The fourth-order valence-corrected chi connectivity index (χ4v) is 4.68. The van der Waals surface area contributed by atoms with Gasteiger partial charge in [0, 0.05) is 6.54 Å². The fraction of sp³-hybridized carbons (Fsp3) is 0.222. The van der Waals surface area contributed by atoms with Gasteiger partial charge in [-0.3, -0.25) is 0 Å². The molecule has 0 spiro atoms. The van der Waals surface area contributed by atoms with Gasteiger partial charge in [-0.15, -0.1) is 6.58 Å². The Labute approximate surface area is 85.2 Å². The van der Waals surface area contributed by atoms with E-state index in [1.54, 1.807) is 0 Å². The normalized spacial score (nSPS) is 24.0. The number of allylic oxidation sites excluding steroid dienone is 1. The van der Waals surface area contributed by atoms with E-state index < -0.39 is 7.14 Å². The standard InChI is InChI=1S/C9H7N4OP/c1-2-3-4-13-5-6-10-8-12-7(5)15(8,14)9(13)11-6/h2H,1,3-4H2. The van der Waals surface area contributed by atoms with E-state index in [4.69, 9.17) is 0 Å². The van der Waals surface area contributed by atoms with Crippen LogP contribution in [0.5, 0.6) is 0 Å². The number of hydrogen-bond acceptors (Lipinski definition) is 4. The van der Waals surface area contributed by atoms with E-state index in [0.29, 0.717) is 16.8 Å². The van der Waals surface area contributed by atoms with Gasteiger partial charge in [0.25, 0.3) is 7.14 Å². The van der Waals surface area contributed by atoms with Gasteiger partial charge >= 0.3 is 0 Å². The van der Waals surface area contributed by atoms with E-state index in [2.05, 4.69) is 21.5 Å². The van der Waals surface area contributed by atoms with Crippen LogP contribution < -0.4 is 16.6 Å². The first-order valence-corrected chi connectivity index (χ1v) is 6.48. The maximum Gasteiger partial charge on any atom is 0.260 e. The molecule has 0 aromatic carbocycles. The Bertz CT molecular complexity index is 687. The van der Waals surface area contributed by atoms with Crippen LogP contribution in [-0.2, 0) is 11.1 Å². The second-order valence-corrected chi connectivity index (χ2v) is 6.21. The van der Waals surface area contributed by atoms with Crippen LogP contribution in [0.2, 0.25) is 0 Å². The number of imidazole rings is 1. The Balaban J connectivity index is 2.06. The molecule has 2 aromatic heterocycles. The molecule has 0 amide bonds. The Hall–Kier alpha value is -1.48. The van der Waals surface area contributed by atoms with E-state index >= 15 is 0 Å². The maximum atomic E-state index is 12.5. The fourth-order valence-electron chi connectivity index (χ4n) is 2.26. The lowest BCUT2D eigenvalue weighted by atomic mass is 10.4. The van der Waals surface area contributed by atoms with Crippen LogP contribution in [0.3, 0.4) is 0 Å². The lowest BCUT2D eigenvalue weighted by molar-refractivity contribution is 0.587. The van der Waals surface area contributed by atoms with Crippen LogP contribution in [0.4, 0.5) is 0 Å². The van der Waals surface area contributed by atoms with Gasteiger partial charge in [0.15, 0.2) is 11.2 Å². The summed E-state index contributed by atoms with van der Waals surface area (Å²) in [6.07, 6.45) is 2.69. The summed E-state index contributed by atoms with van der Waals surface area (Å²) >= 11 is 0. The molecule has 74 valence electrons. The molecule has 4 aliphatic heterocycles. The number of hydrogen-bond donors (Lipinski definition) is 0. The monoisotopic (exact) mass is 218 g/mol. The summed E-state index contributed by atoms with van der Waals surface area (Å²) in [7, 11) is -2.55. The second kappa shape index (κ2) is 2.04. The van der Waals surface area contributed by atoms with Gasteiger partial charge in [-0.1, -0.05) is 6.08 Å². The van der Waals surface area contributed by atoms with Gasteiger partial charge in [-0.25, -0.2) is 15.0 Å². The topological polar surface area (TPSA) is 60.7 Å². The molecule has 1 unspecified atom stereocenters. The summed E-state index contributed by atoms with van der Waals surface area (Å²) in [4.78, 5) is 12.6. The van der Waals surface area contributed by atoms with Gasteiger partial charge in [-0.05, 0) is 6.42 Å². The summed E-state index contributed by atoms with van der Waals surface area (Å²) in [6, 6.07) is 0. The van der Waals surface area contributed by atoms with Crippen LogP contribution in [0.1, 0.15) is 6.42 Å². The molecule has 4 aliphatic rings. The summed E-state index contributed by atoms with van der Waals surface area (Å²) in [5.74, 6) is 0. The number of nitrogens with zero attached hydrogens (tertiary/aromatic N) is 4. The predicted octanol–water partition coefficient (Wildman–Crippen LogP) is -0.331. The highest BCUT2D eigenvalue weighted by Gasteiger charge is 2.55. The van der Waals surface area contributed by atoms with Crippen molar-refractivity contribution in [3.8, 4) is 0 Å². The van der Waals surface area contributed by atoms with Crippen LogP contribution in [-0.4, -0.2) is 19.5 Å². The van der Waals surface area contributed by atoms with Crippen molar-refractivity contribution in [2.45, 2.75) is 13.0 Å². The summed E-state index contributed by atoms with van der Waals surface area (Å²) in [6.45, 7) is 4.45. The lowest BCUT2D eigenvalue weighted by Crippen LogP contribution is -2.44. The third-order valence-corrected chi connectivity index (χ3v) is 5.55. The summed E-state index contributed by atoms with van der Waals surface area (Å²) in [5, 5.41) is 0. The molecule has 0 saturated carbocycles. The molecular weight excluding hydrogens is 211 g/mol. The quantitative estimate of drug-likeness (QED) is 0.349. The first-order valence-electron chi connectivity index (χ1n) is 4.77. The Morgan fingerprint density at radius 1 is 1.40 bits per heavy atom. The minimum absolute atomic E-state index is 0.502. The SMILES string of the molecule is C=CCCn1c2nc3nc4nc(c31)P42=O. The van der Waals surface area contributed by atoms with Crippen molar-refractivity contribution < 1.29 is 4.57 Å². The molecule has 0 aliphatic carbocycles. The zero-order valence-electron chi connectivity index (χ0n) is 7.84. The third kappa shape index (κ3) is 0.589. The molecule has 6 heterocycles. The first-order chi connectivity index (χ1) is 7.26. The van der Waals surface area contributed by atoms with Crippen LogP contribution in [0.25, 0.3) is 11.2 Å². The smallest absolute Gasteiger partial charge is 0.260 e. The van der Waals surface area contributed by atoms with Gasteiger partial charge in [0.05, 0.1) is 0 Å². The zero-order valence-corrected chi connectivity index (χ0v) is 8.74. The molecule has 6 bridgehead atoms. The van der Waals surface area contributed by atoms with Crippen molar-refractivity contribution in [3.63, 3.8) is 0 Å². The Morgan fingerprint density at radius 2 is 2.27 bits per heavy atom. The van der Waals surface area contributed by atoms with E-state index in [9.17, 15) is 4.57 Å². The van der Waals surface area contributed by atoms with Crippen molar-refractivity contribution in [1.82, 2.24) is 19.5 Å². The summed E-state index contributed by atoms with van der Waals surface area (Å²) in [5.41, 5.74) is 3.50. The largest absolute Gasteiger partial charge is 0.317 e. The van der Waals surface area contributed by atoms with Gasteiger partial charge < -0.3 is 9.13 Å². The van der Waals surface area contributed by atoms with Gasteiger partial charge in [0.1, 0.15) is 11.0 Å². The van der Waals surface area contributed by atoms with Crippen LogP contribution in [0, 0.1) is 0 Å². The van der Waals surface area contributed by atoms with Crippen LogP contribution in [0.15, 0.2) is 12.7 Å². The van der Waals surface area contributed by atoms with E-state index in [0.717, 1.165) is 23.9 Å². The second-order valence-electron chi connectivity index (χ2n) is 3.77. The predicted molar refractivity (Wildman–Crippen MR) is 56.6 cm³/mol. The molecule has 5 nitrogen and oxygen atoms in total. The number of rotatable bonds is 3. The van der Waals surface area contributed by atoms with Crippen LogP contribution >= 0.6 is 7.14 Å². The average molecular weight is 218 g/mol. The maximum absolute atomic E-state index is 12.5. The molecule has 2 aromatic rings. The Kier molecular flexibility index (Phi) is 1.06. The highest BCUT2D eigenvalue weighted by atomic mass is 31.2. The van der Waals surface area contributed by atoms with Crippen molar-refractivity contribution in [1.29, 1.82) is 0 Å². The molecule has 0 N–H and O–H groups in total. The number of aryl methyl sites for hydroxylation is 1. The molecule has 6 heteroatoms. The lowest BCUT2D eigenvalue weighted by Gasteiger charge is -2.21. The molecule has 1 atom stereocenters. The summed E-state index contributed by atoms with van der Waals surface area (Å²) < 4.78 is 14.5. The molecule has 0 saturated heterocycles. The molecule has 15 heavy (non-hydrogen) atoms. The Morgan fingerprint density at radius 3 is 2.93 bits per heavy atom. The number of aromatic nitrogens is 4. The van der Waals surface area contributed by atoms with Gasteiger partial charge in [-0.2, -0.15) is 0 Å². The highest BCUT2D eigenvalue weighted by molar-refractivity contribution is 7.86. The minimum atomic E-state index is -2.55. The molecule has 0 fully saturated rings. The molecule has 6 rings (SSSR count). The van der Waals surface area contributed by atoms with Crippen molar-refractivity contribution in [2.24, 2.45) is 0 Å². The zero-order chi connectivity index (χ0) is 10.2. The van der Waals surface area contributed by atoms with Crippen molar-refractivity contribution in [3.05, 3.63) is 12.7 Å². The average Bonchev–Trinajstić information content (AvgIpc) is 2.66. The van der Waals surface area contributed by atoms with Gasteiger partial charge in [0.2, 0.25) is 5.57 Å².